The normalized spacial score (nSPS) is 11.9. The monoisotopic (exact) mass is 636 g/mol. The van der Waals surface area contributed by atoms with Gasteiger partial charge in [0.15, 0.2) is 0 Å². The summed E-state index contributed by atoms with van der Waals surface area (Å²) in [7, 11) is 0. The van der Waals surface area contributed by atoms with E-state index in [0.29, 0.717) is 26.2 Å². The fraction of sp³-hybridized carbons (Fsp3) is 0.359. The van der Waals surface area contributed by atoms with Gasteiger partial charge in [-0.05, 0) is 63.8 Å². The number of carbonyl (C=O) groups is 3. The molecule has 4 rings (SSSR count). The van der Waals surface area contributed by atoms with Crippen molar-refractivity contribution in [3.63, 3.8) is 0 Å². The van der Waals surface area contributed by atoms with Crippen LogP contribution >= 0.6 is 0 Å². The van der Waals surface area contributed by atoms with Gasteiger partial charge in [0, 0.05) is 39.6 Å². The van der Waals surface area contributed by atoms with E-state index in [0.717, 1.165) is 40.5 Å². The molecule has 47 heavy (non-hydrogen) atoms. The number of rotatable bonds is 13. The third-order valence-corrected chi connectivity index (χ3v) is 8.32. The molecular formula is C39H48N4O4. The lowest BCUT2D eigenvalue weighted by Crippen LogP contribution is -2.41. The standard InChI is InChI=1S/C39H48N4O4/c1-28(34-17-11-15-33-16-12-18-35(36(33)34)39(3,4)5)41-37(45)42(24-10-9-23-40-29(2)44)25-31-19-21-32(22-20-31)27-43(38(46)47)26-30-13-7-6-8-14-30/h6-8,11-22,28H,9-10,23-27H2,1-5H3,(H,40,44)(H,41,45)(H,46,47). The summed E-state index contributed by atoms with van der Waals surface area (Å²) >= 11 is 0. The van der Waals surface area contributed by atoms with E-state index in [1.807, 2.05) is 72.5 Å². The number of benzene rings is 4. The van der Waals surface area contributed by atoms with Crippen molar-refractivity contribution >= 4 is 28.8 Å². The zero-order chi connectivity index (χ0) is 34.0. The molecule has 4 aromatic carbocycles. The molecule has 4 aromatic rings. The Morgan fingerprint density at radius 3 is 1.89 bits per heavy atom. The summed E-state index contributed by atoms with van der Waals surface area (Å²) in [5.74, 6) is -0.0662. The van der Waals surface area contributed by atoms with Gasteiger partial charge in [-0.3, -0.25) is 9.69 Å². The predicted octanol–water partition coefficient (Wildman–Crippen LogP) is 8.01. The maximum absolute atomic E-state index is 13.9. The second kappa shape index (κ2) is 16.1. The van der Waals surface area contributed by atoms with Gasteiger partial charge in [0.1, 0.15) is 0 Å². The quantitative estimate of drug-likeness (QED) is 0.129. The molecule has 248 valence electrons. The molecule has 0 radical (unpaired) electrons. The van der Waals surface area contributed by atoms with Crippen molar-refractivity contribution < 1.29 is 19.5 Å². The number of carbonyl (C=O) groups excluding carboxylic acids is 2. The molecule has 0 saturated heterocycles. The Labute approximate surface area is 278 Å². The molecular weight excluding hydrogens is 588 g/mol. The molecule has 0 fully saturated rings. The van der Waals surface area contributed by atoms with Crippen LogP contribution in [0.1, 0.15) is 81.3 Å². The maximum atomic E-state index is 13.9. The lowest BCUT2D eigenvalue weighted by molar-refractivity contribution is -0.118. The van der Waals surface area contributed by atoms with Gasteiger partial charge in [-0.2, -0.15) is 0 Å². The summed E-state index contributed by atoms with van der Waals surface area (Å²) in [6.07, 6.45) is 0.507. The summed E-state index contributed by atoms with van der Waals surface area (Å²) in [5.41, 5.74) is 5.01. The number of carboxylic acid groups (broad SMARTS) is 1. The Kier molecular flexibility index (Phi) is 12.0. The second-order valence-corrected chi connectivity index (χ2v) is 13.2. The average molecular weight is 637 g/mol. The Morgan fingerprint density at radius 2 is 1.32 bits per heavy atom. The Hall–Kier alpha value is -4.85. The second-order valence-electron chi connectivity index (χ2n) is 13.2. The lowest BCUT2D eigenvalue weighted by Gasteiger charge is -2.28. The predicted molar refractivity (Wildman–Crippen MR) is 188 cm³/mol. The highest BCUT2D eigenvalue weighted by molar-refractivity contribution is 5.90. The molecule has 8 heteroatoms. The highest BCUT2D eigenvalue weighted by Crippen LogP contribution is 2.34. The van der Waals surface area contributed by atoms with Crippen molar-refractivity contribution in [3.8, 4) is 0 Å². The highest BCUT2D eigenvalue weighted by atomic mass is 16.4. The van der Waals surface area contributed by atoms with E-state index in [-0.39, 0.29) is 29.9 Å². The minimum absolute atomic E-state index is 0.0610. The van der Waals surface area contributed by atoms with Crippen LogP contribution in [0.5, 0.6) is 0 Å². The molecule has 0 aliphatic rings. The maximum Gasteiger partial charge on any atom is 0.407 e. The molecule has 1 unspecified atom stereocenters. The van der Waals surface area contributed by atoms with Gasteiger partial charge in [0.2, 0.25) is 5.91 Å². The molecule has 0 heterocycles. The van der Waals surface area contributed by atoms with E-state index in [9.17, 15) is 19.5 Å². The SMILES string of the molecule is CC(=O)NCCCCN(Cc1ccc(CN(Cc2ccccc2)C(=O)O)cc1)C(=O)NC(C)c1cccc2cccc(C(C)(C)C)c12. The molecule has 0 aliphatic heterocycles. The number of unbranched alkanes of at least 4 members (excludes halogenated alkanes) is 1. The number of urea groups is 1. The first-order valence-electron chi connectivity index (χ1n) is 16.3. The van der Waals surface area contributed by atoms with Gasteiger partial charge in [0.05, 0.1) is 6.04 Å². The van der Waals surface area contributed by atoms with Gasteiger partial charge in [-0.1, -0.05) is 112 Å². The first-order chi connectivity index (χ1) is 22.4. The van der Waals surface area contributed by atoms with Crippen LogP contribution in [-0.4, -0.2) is 46.0 Å². The summed E-state index contributed by atoms with van der Waals surface area (Å²) in [4.78, 5) is 40.3. The highest BCUT2D eigenvalue weighted by Gasteiger charge is 2.23. The van der Waals surface area contributed by atoms with Crippen LogP contribution in [0.4, 0.5) is 9.59 Å². The van der Waals surface area contributed by atoms with E-state index < -0.39 is 6.09 Å². The fourth-order valence-electron chi connectivity index (χ4n) is 5.84. The first kappa shape index (κ1) is 35.0. The van der Waals surface area contributed by atoms with Crippen molar-refractivity contribution in [1.82, 2.24) is 20.4 Å². The summed E-state index contributed by atoms with van der Waals surface area (Å²) in [6, 6.07) is 29.5. The topological polar surface area (TPSA) is 102 Å². The molecule has 0 spiro atoms. The molecule has 0 bridgehead atoms. The molecule has 0 aromatic heterocycles. The summed E-state index contributed by atoms with van der Waals surface area (Å²) in [6.45, 7) is 12.2. The van der Waals surface area contributed by atoms with Crippen LogP contribution in [0, 0.1) is 0 Å². The smallest absolute Gasteiger partial charge is 0.407 e. The molecule has 3 N–H and O–H groups in total. The van der Waals surface area contributed by atoms with Crippen molar-refractivity contribution in [1.29, 1.82) is 0 Å². The van der Waals surface area contributed by atoms with E-state index >= 15 is 0 Å². The van der Waals surface area contributed by atoms with E-state index in [1.165, 1.54) is 22.8 Å². The van der Waals surface area contributed by atoms with E-state index in [2.05, 4.69) is 61.7 Å². The number of nitrogens with one attached hydrogen (secondary N) is 2. The van der Waals surface area contributed by atoms with Crippen LogP contribution in [0.2, 0.25) is 0 Å². The van der Waals surface area contributed by atoms with Crippen molar-refractivity contribution in [3.05, 3.63) is 119 Å². The Balaban J connectivity index is 1.49. The lowest BCUT2D eigenvalue weighted by atomic mass is 9.81. The zero-order valence-corrected chi connectivity index (χ0v) is 28.3. The van der Waals surface area contributed by atoms with Gasteiger partial charge in [-0.15, -0.1) is 0 Å². The largest absolute Gasteiger partial charge is 0.465 e. The third-order valence-electron chi connectivity index (χ3n) is 8.32. The number of nitrogens with zero attached hydrogens (tertiary/aromatic N) is 2. The summed E-state index contributed by atoms with van der Waals surface area (Å²) in [5, 5.41) is 18.2. The van der Waals surface area contributed by atoms with Crippen molar-refractivity contribution in [2.75, 3.05) is 13.1 Å². The number of amides is 4. The van der Waals surface area contributed by atoms with Gasteiger partial charge >= 0.3 is 12.1 Å². The van der Waals surface area contributed by atoms with Crippen LogP contribution < -0.4 is 10.6 Å². The number of hydrogen-bond acceptors (Lipinski definition) is 3. The average Bonchev–Trinajstić information content (AvgIpc) is 3.03. The minimum atomic E-state index is -0.977. The van der Waals surface area contributed by atoms with Crippen molar-refractivity contribution in [2.45, 2.75) is 78.6 Å². The van der Waals surface area contributed by atoms with E-state index in [4.69, 9.17) is 0 Å². The van der Waals surface area contributed by atoms with Crippen LogP contribution in [0.15, 0.2) is 91.0 Å². The fourth-order valence-corrected chi connectivity index (χ4v) is 5.84. The van der Waals surface area contributed by atoms with Gasteiger partial charge in [-0.25, -0.2) is 9.59 Å². The van der Waals surface area contributed by atoms with Gasteiger partial charge < -0.3 is 20.6 Å². The zero-order valence-electron chi connectivity index (χ0n) is 28.3. The van der Waals surface area contributed by atoms with Crippen LogP contribution in [-0.2, 0) is 29.8 Å². The van der Waals surface area contributed by atoms with E-state index in [1.54, 1.807) is 0 Å². The Bertz CT molecular complexity index is 1640. The first-order valence-corrected chi connectivity index (χ1v) is 16.3. The molecule has 1 atom stereocenters. The van der Waals surface area contributed by atoms with Gasteiger partial charge in [0.25, 0.3) is 0 Å². The Morgan fingerprint density at radius 1 is 0.745 bits per heavy atom. The molecule has 0 aliphatic carbocycles. The van der Waals surface area contributed by atoms with Crippen molar-refractivity contribution in [2.24, 2.45) is 0 Å². The molecule has 8 nitrogen and oxygen atoms in total. The van der Waals surface area contributed by atoms with Crippen LogP contribution in [0.25, 0.3) is 10.8 Å². The number of fused-ring (bicyclic) bond motifs is 1. The summed E-state index contributed by atoms with van der Waals surface area (Å²) < 4.78 is 0. The number of hydrogen-bond donors (Lipinski definition) is 3. The minimum Gasteiger partial charge on any atom is -0.465 e. The molecule has 4 amide bonds. The van der Waals surface area contributed by atoms with Crippen LogP contribution in [0.3, 0.4) is 0 Å². The molecule has 0 saturated carbocycles. The third kappa shape index (κ3) is 10.1.